The number of nitrogens with zero attached hydrogens (tertiary/aromatic N) is 2. The predicted octanol–water partition coefficient (Wildman–Crippen LogP) is 2.39. The van der Waals surface area contributed by atoms with Gasteiger partial charge in [0.2, 0.25) is 0 Å². The van der Waals surface area contributed by atoms with Crippen LogP contribution in [0.25, 0.3) is 0 Å². The summed E-state index contributed by atoms with van der Waals surface area (Å²) >= 11 is 5.49. The van der Waals surface area contributed by atoms with E-state index < -0.39 is 0 Å². The molecule has 1 saturated heterocycles. The second kappa shape index (κ2) is 5.14. The van der Waals surface area contributed by atoms with E-state index >= 15 is 0 Å². The van der Waals surface area contributed by atoms with Gasteiger partial charge in [0.05, 0.1) is 0 Å². The van der Waals surface area contributed by atoms with Crippen LogP contribution in [0.15, 0.2) is 22.9 Å². The molecule has 76 valence electrons. The van der Waals surface area contributed by atoms with E-state index in [0.717, 1.165) is 11.0 Å². The zero-order valence-electron chi connectivity index (χ0n) is 7.95. The summed E-state index contributed by atoms with van der Waals surface area (Å²) in [6, 6.07) is 2.15. The topological polar surface area (TPSA) is 16.1 Å². The Morgan fingerprint density at radius 2 is 2.14 bits per heavy atom. The molecule has 2 nitrogen and oxygen atoms in total. The van der Waals surface area contributed by atoms with Crippen molar-refractivity contribution in [2.45, 2.75) is 6.54 Å². The highest BCUT2D eigenvalue weighted by Crippen LogP contribution is 2.15. The third-order valence-corrected chi connectivity index (χ3v) is 3.65. The molecule has 0 N–H and O–H groups in total. The van der Waals surface area contributed by atoms with Gasteiger partial charge in [0.25, 0.3) is 0 Å². The highest BCUT2D eigenvalue weighted by Gasteiger charge is 2.10. The number of thioether (sulfide) groups is 1. The quantitative estimate of drug-likeness (QED) is 0.823. The molecule has 0 unspecified atom stereocenters. The van der Waals surface area contributed by atoms with Crippen molar-refractivity contribution in [1.82, 2.24) is 9.88 Å². The summed E-state index contributed by atoms with van der Waals surface area (Å²) in [5.74, 6) is 2.53. The first-order valence-electron chi connectivity index (χ1n) is 4.74. The fraction of sp³-hybridized carbons (Fsp3) is 0.500. The number of hydrogen-bond donors (Lipinski definition) is 0. The maximum absolute atomic E-state index is 4.17. The van der Waals surface area contributed by atoms with Gasteiger partial charge in [-0.25, -0.2) is 0 Å². The van der Waals surface area contributed by atoms with Crippen molar-refractivity contribution in [3.8, 4) is 0 Å². The van der Waals surface area contributed by atoms with Gasteiger partial charge in [0, 0.05) is 48.0 Å². The zero-order valence-corrected chi connectivity index (χ0v) is 10.4. The number of hydrogen-bond acceptors (Lipinski definition) is 3. The molecule has 0 saturated carbocycles. The summed E-state index contributed by atoms with van der Waals surface area (Å²) in [6.07, 6.45) is 3.78. The fourth-order valence-corrected chi connectivity index (χ4v) is 2.95. The van der Waals surface area contributed by atoms with Gasteiger partial charge < -0.3 is 0 Å². The molecule has 0 aliphatic carbocycles. The second-order valence-electron chi connectivity index (χ2n) is 3.40. The average molecular weight is 273 g/mol. The lowest BCUT2D eigenvalue weighted by atomic mass is 10.2. The second-order valence-corrected chi connectivity index (χ2v) is 5.54. The van der Waals surface area contributed by atoms with Crippen molar-refractivity contribution >= 4 is 27.7 Å². The number of rotatable bonds is 2. The lowest BCUT2D eigenvalue weighted by Gasteiger charge is -2.25. The Bertz CT molecular complexity index is 300. The van der Waals surface area contributed by atoms with Crippen molar-refractivity contribution in [1.29, 1.82) is 0 Å². The van der Waals surface area contributed by atoms with Crippen LogP contribution in [0.5, 0.6) is 0 Å². The van der Waals surface area contributed by atoms with Gasteiger partial charge in [-0.15, -0.1) is 0 Å². The lowest BCUT2D eigenvalue weighted by Crippen LogP contribution is -2.31. The predicted molar refractivity (Wildman–Crippen MR) is 64.5 cm³/mol. The minimum absolute atomic E-state index is 1.03. The monoisotopic (exact) mass is 272 g/mol. The molecule has 4 heteroatoms. The molecule has 0 aromatic carbocycles. The number of halogens is 1. The smallest absolute Gasteiger partial charge is 0.0410 e. The van der Waals surface area contributed by atoms with Crippen molar-refractivity contribution in [3.63, 3.8) is 0 Å². The van der Waals surface area contributed by atoms with Crippen LogP contribution in [0.2, 0.25) is 0 Å². The van der Waals surface area contributed by atoms with E-state index in [1.807, 2.05) is 24.2 Å². The molecule has 0 amide bonds. The molecule has 1 aromatic rings. The van der Waals surface area contributed by atoms with Gasteiger partial charge in [0.1, 0.15) is 0 Å². The van der Waals surface area contributed by atoms with E-state index in [-0.39, 0.29) is 0 Å². The molecule has 0 radical (unpaired) electrons. The minimum atomic E-state index is 1.03. The van der Waals surface area contributed by atoms with Crippen LogP contribution >= 0.6 is 27.7 Å². The summed E-state index contributed by atoms with van der Waals surface area (Å²) in [5.41, 5.74) is 1.30. The Morgan fingerprint density at radius 3 is 2.86 bits per heavy atom. The van der Waals surface area contributed by atoms with Crippen LogP contribution in [0.4, 0.5) is 0 Å². The van der Waals surface area contributed by atoms with E-state index in [9.17, 15) is 0 Å². The summed E-state index contributed by atoms with van der Waals surface area (Å²) in [7, 11) is 0. The molecule has 0 atom stereocenters. The average Bonchev–Trinajstić information content (AvgIpc) is 2.19. The largest absolute Gasteiger partial charge is 0.297 e. The van der Waals surface area contributed by atoms with Crippen molar-refractivity contribution in [2.24, 2.45) is 0 Å². The maximum atomic E-state index is 4.17. The Hall–Kier alpha value is -0.0600. The molecular weight excluding hydrogens is 260 g/mol. The Kier molecular flexibility index (Phi) is 3.84. The van der Waals surface area contributed by atoms with Gasteiger partial charge in [0.15, 0.2) is 0 Å². The molecule has 2 rings (SSSR count). The minimum Gasteiger partial charge on any atom is -0.297 e. The van der Waals surface area contributed by atoms with Crippen LogP contribution < -0.4 is 0 Å². The van der Waals surface area contributed by atoms with Gasteiger partial charge in [-0.05, 0) is 27.6 Å². The van der Waals surface area contributed by atoms with Gasteiger partial charge in [-0.1, -0.05) is 0 Å². The molecule has 1 fully saturated rings. The summed E-state index contributed by atoms with van der Waals surface area (Å²) in [6.45, 7) is 3.45. The highest BCUT2D eigenvalue weighted by atomic mass is 79.9. The van der Waals surface area contributed by atoms with Crippen LogP contribution in [0.1, 0.15) is 5.56 Å². The fourth-order valence-electron chi connectivity index (χ4n) is 1.56. The Balaban J connectivity index is 1.95. The summed E-state index contributed by atoms with van der Waals surface area (Å²) < 4.78 is 1.07. The third-order valence-electron chi connectivity index (χ3n) is 2.27. The molecule has 1 aliphatic heterocycles. The summed E-state index contributed by atoms with van der Waals surface area (Å²) in [5, 5.41) is 0. The normalized spacial score (nSPS) is 18.4. The molecule has 0 spiro atoms. The van der Waals surface area contributed by atoms with Crippen LogP contribution in [0.3, 0.4) is 0 Å². The van der Waals surface area contributed by atoms with E-state index in [4.69, 9.17) is 0 Å². The molecule has 2 heterocycles. The van der Waals surface area contributed by atoms with Crippen LogP contribution in [-0.2, 0) is 6.54 Å². The standard InChI is InChI=1S/C10H13BrN2S/c11-10-5-9(6-12-7-10)8-13-1-3-14-4-2-13/h5-7H,1-4,8H2. The highest BCUT2D eigenvalue weighted by molar-refractivity contribution is 9.10. The molecule has 1 aliphatic rings. The van der Waals surface area contributed by atoms with E-state index in [1.165, 1.54) is 30.2 Å². The first-order chi connectivity index (χ1) is 6.84. The van der Waals surface area contributed by atoms with Crippen molar-refractivity contribution in [3.05, 3.63) is 28.5 Å². The molecular formula is C10H13BrN2S. The van der Waals surface area contributed by atoms with Crippen molar-refractivity contribution in [2.75, 3.05) is 24.6 Å². The SMILES string of the molecule is Brc1cncc(CN2CCSCC2)c1. The van der Waals surface area contributed by atoms with Gasteiger partial charge in [-0.3, -0.25) is 9.88 Å². The molecule has 1 aromatic heterocycles. The molecule has 14 heavy (non-hydrogen) atoms. The maximum Gasteiger partial charge on any atom is 0.0410 e. The van der Waals surface area contributed by atoms with Gasteiger partial charge >= 0.3 is 0 Å². The van der Waals surface area contributed by atoms with E-state index in [2.05, 4.69) is 31.9 Å². The Morgan fingerprint density at radius 1 is 1.36 bits per heavy atom. The van der Waals surface area contributed by atoms with Crippen molar-refractivity contribution < 1.29 is 0 Å². The van der Waals surface area contributed by atoms with E-state index in [1.54, 1.807) is 0 Å². The molecule has 0 bridgehead atoms. The number of pyridine rings is 1. The van der Waals surface area contributed by atoms with E-state index in [0.29, 0.717) is 0 Å². The van der Waals surface area contributed by atoms with Crippen LogP contribution in [-0.4, -0.2) is 34.5 Å². The number of aromatic nitrogens is 1. The summed E-state index contributed by atoms with van der Waals surface area (Å²) in [4.78, 5) is 6.66. The third kappa shape index (κ3) is 2.97. The first kappa shape index (κ1) is 10.5. The zero-order chi connectivity index (χ0) is 9.80. The Labute approximate surface area is 97.2 Å². The van der Waals surface area contributed by atoms with Gasteiger partial charge in [-0.2, -0.15) is 11.8 Å². The lowest BCUT2D eigenvalue weighted by molar-refractivity contribution is 0.294. The van der Waals surface area contributed by atoms with Crippen LogP contribution in [0, 0.1) is 0 Å². The first-order valence-corrected chi connectivity index (χ1v) is 6.69.